The van der Waals surface area contributed by atoms with E-state index in [2.05, 4.69) is 10.2 Å². The first-order chi connectivity index (χ1) is 11.2. The molecule has 0 aliphatic carbocycles. The van der Waals surface area contributed by atoms with Crippen LogP contribution in [-0.4, -0.2) is 27.1 Å². The number of hydrogen-bond acceptors (Lipinski definition) is 4. The van der Waals surface area contributed by atoms with Crippen LogP contribution in [0.25, 0.3) is 5.69 Å². The van der Waals surface area contributed by atoms with Crippen LogP contribution in [0, 0.1) is 5.82 Å². The highest BCUT2D eigenvalue weighted by Gasteiger charge is 2.07. The number of ether oxygens (including phenoxy) is 1. The molecule has 0 atom stereocenters. The smallest absolute Gasteiger partial charge is 0.195 e. The summed E-state index contributed by atoms with van der Waals surface area (Å²) in [5, 5.41) is 9.47. The highest BCUT2D eigenvalue weighted by atomic mass is 35.5. The molecule has 1 aromatic heterocycles. The van der Waals surface area contributed by atoms with Gasteiger partial charge in [-0.25, -0.2) is 4.39 Å². The Hall–Kier alpha value is -2.05. The van der Waals surface area contributed by atoms with E-state index in [-0.39, 0.29) is 5.82 Å². The van der Waals surface area contributed by atoms with Crippen molar-refractivity contribution >= 4 is 23.4 Å². The SMILES string of the molecule is Fc1ccc(OCCSc2nncn2-c2cccc(Cl)c2)cc1. The lowest BCUT2D eigenvalue weighted by atomic mass is 10.3. The van der Waals surface area contributed by atoms with Crippen molar-refractivity contribution in [2.45, 2.75) is 5.16 Å². The Morgan fingerprint density at radius 3 is 2.78 bits per heavy atom. The monoisotopic (exact) mass is 349 g/mol. The minimum Gasteiger partial charge on any atom is -0.493 e. The van der Waals surface area contributed by atoms with Gasteiger partial charge in [0.15, 0.2) is 5.16 Å². The summed E-state index contributed by atoms with van der Waals surface area (Å²) in [6, 6.07) is 13.4. The number of halogens is 2. The zero-order chi connectivity index (χ0) is 16.1. The molecule has 0 aliphatic rings. The number of aromatic nitrogens is 3. The van der Waals surface area contributed by atoms with E-state index in [1.165, 1.54) is 23.9 Å². The average molecular weight is 350 g/mol. The van der Waals surface area contributed by atoms with Gasteiger partial charge >= 0.3 is 0 Å². The summed E-state index contributed by atoms with van der Waals surface area (Å²) >= 11 is 7.54. The van der Waals surface area contributed by atoms with Crippen LogP contribution in [0.2, 0.25) is 5.02 Å². The average Bonchev–Trinajstić information content (AvgIpc) is 3.02. The van der Waals surface area contributed by atoms with Crippen molar-refractivity contribution in [2.75, 3.05) is 12.4 Å². The zero-order valence-corrected chi connectivity index (χ0v) is 13.6. The van der Waals surface area contributed by atoms with Gasteiger partial charge in [0.2, 0.25) is 0 Å². The highest BCUT2D eigenvalue weighted by Crippen LogP contribution is 2.21. The second-order valence-corrected chi connectivity index (χ2v) is 6.11. The van der Waals surface area contributed by atoms with Gasteiger partial charge in [-0.1, -0.05) is 29.4 Å². The molecule has 2 aromatic carbocycles. The van der Waals surface area contributed by atoms with Crippen molar-refractivity contribution in [1.82, 2.24) is 14.8 Å². The molecule has 0 saturated carbocycles. The Balaban J connectivity index is 1.57. The van der Waals surface area contributed by atoms with E-state index >= 15 is 0 Å². The Kier molecular flexibility index (Phi) is 5.15. The molecular weight excluding hydrogens is 337 g/mol. The predicted octanol–water partition coefficient (Wildman–Crippen LogP) is 4.23. The molecule has 0 N–H and O–H groups in total. The van der Waals surface area contributed by atoms with E-state index in [4.69, 9.17) is 16.3 Å². The third-order valence-electron chi connectivity index (χ3n) is 3.00. The molecule has 0 bridgehead atoms. The fourth-order valence-corrected chi connectivity index (χ4v) is 2.88. The van der Waals surface area contributed by atoms with Gasteiger partial charge in [0.1, 0.15) is 17.9 Å². The standard InChI is InChI=1S/C16H13ClFN3OS/c17-12-2-1-3-14(10-12)21-11-19-20-16(21)23-9-8-22-15-6-4-13(18)5-7-15/h1-7,10-11H,8-9H2. The van der Waals surface area contributed by atoms with Crippen LogP contribution in [0.15, 0.2) is 60.0 Å². The first-order valence-corrected chi connectivity index (χ1v) is 8.26. The Labute approximate surface area is 142 Å². The van der Waals surface area contributed by atoms with E-state index in [0.717, 1.165) is 10.8 Å². The fourth-order valence-electron chi connectivity index (χ4n) is 1.95. The van der Waals surface area contributed by atoms with E-state index in [1.807, 2.05) is 28.8 Å². The van der Waals surface area contributed by atoms with Crippen LogP contribution in [0.1, 0.15) is 0 Å². The highest BCUT2D eigenvalue weighted by molar-refractivity contribution is 7.99. The maximum Gasteiger partial charge on any atom is 0.195 e. The normalized spacial score (nSPS) is 10.7. The van der Waals surface area contributed by atoms with Crippen molar-refractivity contribution in [1.29, 1.82) is 0 Å². The molecule has 7 heteroatoms. The molecule has 3 rings (SSSR count). The summed E-state index contributed by atoms with van der Waals surface area (Å²) in [5.41, 5.74) is 0.907. The Morgan fingerprint density at radius 1 is 1.17 bits per heavy atom. The number of thioether (sulfide) groups is 1. The summed E-state index contributed by atoms with van der Waals surface area (Å²) < 4.78 is 20.2. The van der Waals surface area contributed by atoms with E-state index in [0.29, 0.717) is 23.1 Å². The second-order valence-electron chi connectivity index (χ2n) is 4.61. The summed E-state index contributed by atoms with van der Waals surface area (Å²) in [6.07, 6.45) is 1.65. The molecular formula is C16H13ClFN3OS. The van der Waals surface area contributed by atoms with Gasteiger partial charge < -0.3 is 4.74 Å². The van der Waals surface area contributed by atoms with Gasteiger partial charge in [0.05, 0.1) is 12.3 Å². The Bertz CT molecular complexity index is 779. The first kappa shape index (κ1) is 15.8. The molecule has 3 aromatic rings. The summed E-state index contributed by atoms with van der Waals surface area (Å²) in [7, 11) is 0. The quantitative estimate of drug-likeness (QED) is 0.493. The van der Waals surface area contributed by atoms with Gasteiger partial charge in [-0.15, -0.1) is 10.2 Å². The maximum absolute atomic E-state index is 12.8. The zero-order valence-electron chi connectivity index (χ0n) is 12.0. The van der Waals surface area contributed by atoms with Gasteiger partial charge in [-0.05, 0) is 42.5 Å². The molecule has 0 amide bonds. The lowest BCUT2D eigenvalue weighted by Gasteiger charge is -2.08. The van der Waals surface area contributed by atoms with Gasteiger partial charge in [0, 0.05) is 10.8 Å². The third kappa shape index (κ3) is 4.24. The summed E-state index contributed by atoms with van der Waals surface area (Å²) in [4.78, 5) is 0. The van der Waals surface area contributed by atoms with Crippen LogP contribution >= 0.6 is 23.4 Å². The lowest BCUT2D eigenvalue weighted by Crippen LogP contribution is -2.02. The first-order valence-electron chi connectivity index (χ1n) is 6.89. The molecule has 0 radical (unpaired) electrons. The van der Waals surface area contributed by atoms with E-state index < -0.39 is 0 Å². The summed E-state index contributed by atoms with van der Waals surface area (Å²) in [6.45, 7) is 0.485. The van der Waals surface area contributed by atoms with Crippen molar-refractivity contribution in [2.24, 2.45) is 0 Å². The maximum atomic E-state index is 12.8. The molecule has 0 saturated heterocycles. The van der Waals surface area contributed by atoms with Crippen molar-refractivity contribution in [3.63, 3.8) is 0 Å². The molecule has 1 heterocycles. The largest absolute Gasteiger partial charge is 0.493 e. The molecule has 0 aliphatic heterocycles. The van der Waals surface area contributed by atoms with Crippen LogP contribution in [0.4, 0.5) is 4.39 Å². The minimum absolute atomic E-state index is 0.277. The molecule has 0 spiro atoms. The lowest BCUT2D eigenvalue weighted by molar-refractivity contribution is 0.343. The predicted molar refractivity (Wildman–Crippen MR) is 89.0 cm³/mol. The van der Waals surface area contributed by atoms with Gasteiger partial charge in [-0.3, -0.25) is 4.57 Å². The minimum atomic E-state index is -0.277. The number of rotatable bonds is 6. The van der Waals surface area contributed by atoms with Gasteiger partial charge in [0.25, 0.3) is 0 Å². The number of hydrogen-bond donors (Lipinski definition) is 0. The van der Waals surface area contributed by atoms with E-state index in [1.54, 1.807) is 18.5 Å². The second kappa shape index (κ2) is 7.48. The number of benzene rings is 2. The van der Waals surface area contributed by atoms with Crippen LogP contribution in [0.3, 0.4) is 0 Å². The molecule has 23 heavy (non-hydrogen) atoms. The molecule has 4 nitrogen and oxygen atoms in total. The molecule has 118 valence electrons. The molecule has 0 unspecified atom stereocenters. The van der Waals surface area contributed by atoms with Crippen molar-refractivity contribution in [3.05, 3.63) is 65.7 Å². The van der Waals surface area contributed by atoms with Crippen LogP contribution < -0.4 is 4.74 Å². The topological polar surface area (TPSA) is 39.9 Å². The van der Waals surface area contributed by atoms with Crippen molar-refractivity contribution < 1.29 is 9.13 Å². The van der Waals surface area contributed by atoms with Crippen LogP contribution in [-0.2, 0) is 0 Å². The van der Waals surface area contributed by atoms with E-state index in [9.17, 15) is 4.39 Å². The van der Waals surface area contributed by atoms with Gasteiger partial charge in [-0.2, -0.15) is 0 Å². The summed E-state index contributed by atoms with van der Waals surface area (Å²) in [5.74, 6) is 1.06. The molecule has 0 fully saturated rings. The third-order valence-corrected chi connectivity index (χ3v) is 4.14. The van der Waals surface area contributed by atoms with Crippen molar-refractivity contribution in [3.8, 4) is 11.4 Å². The fraction of sp³-hybridized carbons (Fsp3) is 0.125. The Morgan fingerprint density at radius 2 is 2.00 bits per heavy atom. The van der Waals surface area contributed by atoms with Crippen LogP contribution in [0.5, 0.6) is 5.75 Å². The number of nitrogens with zero attached hydrogens (tertiary/aromatic N) is 3.